The van der Waals surface area contributed by atoms with Crippen molar-refractivity contribution < 1.29 is 14.7 Å². The number of unbranched alkanes of at least 4 members (excludes halogenated alkanes) is 1. The maximum atomic E-state index is 11.1. The number of thioether (sulfide) groups is 1. The second-order valence-corrected chi connectivity index (χ2v) is 4.03. The molecule has 0 aliphatic carbocycles. The summed E-state index contributed by atoms with van der Waals surface area (Å²) in [4.78, 5) is 21.3. The van der Waals surface area contributed by atoms with Crippen LogP contribution in [0.5, 0.6) is 0 Å². The van der Waals surface area contributed by atoms with Crippen LogP contribution in [0.4, 0.5) is 0 Å². The number of carboxylic acids is 1. The lowest BCUT2D eigenvalue weighted by Gasteiger charge is -2.03. The Balaban J connectivity index is 3.23. The largest absolute Gasteiger partial charge is 0.481 e. The lowest BCUT2D eigenvalue weighted by molar-refractivity contribution is -0.137. The third kappa shape index (κ3) is 11.0. The smallest absolute Gasteiger partial charge is 0.303 e. The van der Waals surface area contributed by atoms with Gasteiger partial charge >= 0.3 is 5.97 Å². The van der Waals surface area contributed by atoms with Gasteiger partial charge in [-0.1, -0.05) is 6.08 Å². The lowest BCUT2D eigenvalue weighted by Crippen LogP contribution is -2.26. The third-order valence-corrected chi connectivity index (χ3v) is 2.55. The number of nitrogens with one attached hydrogen (secondary N) is 1. The van der Waals surface area contributed by atoms with Crippen molar-refractivity contribution in [3.05, 3.63) is 12.7 Å². The summed E-state index contributed by atoms with van der Waals surface area (Å²) >= 11 is 1.51. The van der Waals surface area contributed by atoms with Crippen LogP contribution in [0.3, 0.4) is 0 Å². The van der Waals surface area contributed by atoms with Crippen LogP contribution >= 0.6 is 11.8 Å². The number of carbonyl (C=O) groups is 2. The molecule has 0 fully saturated rings. The van der Waals surface area contributed by atoms with E-state index in [2.05, 4.69) is 11.9 Å². The number of hydrogen-bond acceptors (Lipinski definition) is 3. The molecule has 0 radical (unpaired) electrons. The molecule has 0 saturated heterocycles. The van der Waals surface area contributed by atoms with Crippen molar-refractivity contribution in [1.82, 2.24) is 5.32 Å². The highest BCUT2D eigenvalue weighted by Crippen LogP contribution is 1.98. The van der Waals surface area contributed by atoms with Gasteiger partial charge < -0.3 is 10.4 Å². The van der Waals surface area contributed by atoms with E-state index in [4.69, 9.17) is 5.11 Å². The summed E-state index contributed by atoms with van der Waals surface area (Å²) in [5, 5.41) is 11.1. The van der Waals surface area contributed by atoms with Gasteiger partial charge in [-0.05, 0) is 12.8 Å². The number of rotatable bonds is 9. The number of aliphatic carboxylic acids is 1. The van der Waals surface area contributed by atoms with E-state index in [9.17, 15) is 9.59 Å². The normalized spacial score (nSPS) is 9.60. The van der Waals surface area contributed by atoms with Crippen LogP contribution < -0.4 is 5.32 Å². The van der Waals surface area contributed by atoms with Crippen LogP contribution in [-0.4, -0.2) is 35.0 Å². The average molecular weight is 231 g/mol. The first-order chi connectivity index (χ1) is 7.16. The van der Waals surface area contributed by atoms with Crippen LogP contribution in [-0.2, 0) is 9.59 Å². The molecule has 0 saturated carbocycles. The maximum absolute atomic E-state index is 11.1. The summed E-state index contributed by atoms with van der Waals surface area (Å²) in [7, 11) is 0. The van der Waals surface area contributed by atoms with Crippen molar-refractivity contribution in [2.45, 2.75) is 19.3 Å². The van der Waals surface area contributed by atoms with Gasteiger partial charge in [-0.3, -0.25) is 9.59 Å². The molecule has 0 atom stereocenters. The molecule has 0 aromatic rings. The van der Waals surface area contributed by atoms with Crippen molar-refractivity contribution in [1.29, 1.82) is 0 Å². The van der Waals surface area contributed by atoms with Gasteiger partial charge in [0.25, 0.3) is 0 Å². The molecule has 0 aromatic heterocycles. The zero-order valence-electron chi connectivity index (χ0n) is 8.70. The Morgan fingerprint density at radius 1 is 1.40 bits per heavy atom. The molecule has 4 nitrogen and oxygen atoms in total. The van der Waals surface area contributed by atoms with E-state index in [-0.39, 0.29) is 12.3 Å². The topological polar surface area (TPSA) is 66.4 Å². The molecule has 5 heteroatoms. The molecule has 15 heavy (non-hydrogen) atoms. The van der Waals surface area contributed by atoms with E-state index in [0.29, 0.717) is 25.1 Å². The van der Waals surface area contributed by atoms with Crippen LogP contribution in [0, 0.1) is 0 Å². The molecule has 0 aliphatic heterocycles. The summed E-state index contributed by atoms with van der Waals surface area (Å²) < 4.78 is 0. The Morgan fingerprint density at radius 2 is 2.13 bits per heavy atom. The highest BCUT2D eigenvalue weighted by Gasteiger charge is 2.00. The fourth-order valence-electron chi connectivity index (χ4n) is 0.915. The van der Waals surface area contributed by atoms with Crippen molar-refractivity contribution in [3.8, 4) is 0 Å². The first-order valence-electron chi connectivity index (χ1n) is 4.84. The molecule has 0 bridgehead atoms. The Labute approximate surface area is 94.1 Å². The molecule has 0 spiro atoms. The summed E-state index contributed by atoms with van der Waals surface area (Å²) in [6.45, 7) is 4.11. The van der Waals surface area contributed by atoms with Gasteiger partial charge in [0.05, 0.1) is 5.75 Å². The van der Waals surface area contributed by atoms with Gasteiger partial charge in [0, 0.05) is 18.7 Å². The second kappa shape index (κ2) is 9.58. The molecule has 0 unspecified atom stereocenters. The predicted molar refractivity (Wildman–Crippen MR) is 62.0 cm³/mol. The Hall–Kier alpha value is -0.970. The summed E-state index contributed by atoms with van der Waals surface area (Å²) in [5.74, 6) is 0.414. The first kappa shape index (κ1) is 14.0. The van der Waals surface area contributed by atoms with E-state index in [1.54, 1.807) is 6.08 Å². The molecule has 0 aromatic carbocycles. The molecular weight excluding hydrogens is 214 g/mol. The zero-order chi connectivity index (χ0) is 11.5. The van der Waals surface area contributed by atoms with E-state index in [1.807, 2.05) is 0 Å². The number of carboxylic acid groups (broad SMARTS) is 1. The van der Waals surface area contributed by atoms with E-state index >= 15 is 0 Å². The van der Waals surface area contributed by atoms with Gasteiger partial charge in [0.2, 0.25) is 5.91 Å². The zero-order valence-corrected chi connectivity index (χ0v) is 9.52. The standard InChI is InChI=1S/C10H17NO3S/c1-2-7-15-8-9(12)11-6-4-3-5-10(13)14/h2H,1,3-8H2,(H,11,12)(H,13,14). The molecule has 0 aliphatic rings. The van der Waals surface area contributed by atoms with E-state index < -0.39 is 5.97 Å². The number of hydrogen-bond donors (Lipinski definition) is 2. The second-order valence-electron chi connectivity index (χ2n) is 3.00. The average Bonchev–Trinajstić information content (AvgIpc) is 2.17. The van der Waals surface area contributed by atoms with Crippen molar-refractivity contribution in [2.75, 3.05) is 18.1 Å². The highest BCUT2D eigenvalue weighted by molar-refractivity contribution is 8.00. The molecule has 2 N–H and O–H groups in total. The SMILES string of the molecule is C=CCSCC(=O)NCCCCC(=O)O. The quantitative estimate of drug-likeness (QED) is 0.463. The van der Waals surface area contributed by atoms with Gasteiger partial charge in [0.1, 0.15) is 0 Å². The molecule has 0 rings (SSSR count). The van der Waals surface area contributed by atoms with Gasteiger partial charge in [-0.2, -0.15) is 0 Å². The Bertz CT molecular complexity index is 219. The number of carbonyl (C=O) groups excluding carboxylic acids is 1. The fourth-order valence-corrected chi connectivity index (χ4v) is 1.49. The summed E-state index contributed by atoms with van der Waals surface area (Å²) in [5.41, 5.74) is 0. The van der Waals surface area contributed by atoms with Crippen molar-refractivity contribution >= 4 is 23.6 Å². The van der Waals surface area contributed by atoms with Crippen LogP contribution in [0.25, 0.3) is 0 Å². The Morgan fingerprint density at radius 3 is 2.73 bits per heavy atom. The summed E-state index contributed by atoms with van der Waals surface area (Å²) in [6.07, 6.45) is 3.24. The fraction of sp³-hybridized carbons (Fsp3) is 0.600. The first-order valence-corrected chi connectivity index (χ1v) is 5.99. The minimum Gasteiger partial charge on any atom is -0.481 e. The van der Waals surface area contributed by atoms with Gasteiger partial charge in [-0.15, -0.1) is 18.3 Å². The Kier molecular flexibility index (Phi) is 8.96. The van der Waals surface area contributed by atoms with Gasteiger partial charge in [0.15, 0.2) is 0 Å². The lowest BCUT2D eigenvalue weighted by atomic mass is 10.2. The van der Waals surface area contributed by atoms with E-state index in [0.717, 1.165) is 5.75 Å². The van der Waals surface area contributed by atoms with Crippen LogP contribution in [0.15, 0.2) is 12.7 Å². The van der Waals surface area contributed by atoms with Crippen LogP contribution in [0.2, 0.25) is 0 Å². The summed E-state index contributed by atoms with van der Waals surface area (Å²) in [6, 6.07) is 0. The minimum atomic E-state index is -0.789. The minimum absolute atomic E-state index is 0.00262. The molecular formula is C10H17NO3S. The van der Waals surface area contributed by atoms with Crippen LogP contribution in [0.1, 0.15) is 19.3 Å². The number of amides is 1. The monoisotopic (exact) mass is 231 g/mol. The van der Waals surface area contributed by atoms with Crippen molar-refractivity contribution in [2.24, 2.45) is 0 Å². The van der Waals surface area contributed by atoms with E-state index in [1.165, 1.54) is 11.8 Å². The molecule has 0 heterocycles. The predicted octanol–water partition coefficient (Wildman–Crippen LogP) is 1.28. The maximum Gasteiger partial charge on any atom is 0.303 e. The third-order valence-electron chi connectivity index (χ3n) is 1.61. The van der Waals surface area contributed by atoms with Gasteiger partial charge in [-0.25, -0.2) is 0 Å². The highest BCUT2D eigenvalue weighted by atomic mass is 32.2. The molecule has 86 valence electrons. The molecule has 1 amide bonds. The van der Waals surface area contributed by atoms with Crippen molar-refractivity contribution in [3.63, 3.8) is 0 Å².